The van der Waals surface area contributed by atoms with Gasteiger partial charge in [0.2, 0.25) is 0 Å². The molecule has 1 aliphatic heterocycles. The lowest BCUT2D eigenvalue weighted by Gasteiger charge is -2.15. The molecular weight excluding hydrogens is 681 g/mol. The molecule has 11 aromatic rings. The second-order valence-corrected chi connectivity index (χ2v) is 14.6. The van der Waals surface area contributed by atoms with E-state index in [4.69, 9.17) is 9.97 Å². The second kappa shape index (κ2) is 12.0. The average Bonchev–Trinajstić information content (AvgIpc) is 3.75. The summed E-state index contributed by atoms with van der Waals surface area (Å²) in [5, 5.41) is 5.03. The summed E-state index contributed by atoms with van der Waals surface area (Å²) in [6.07, 6.45) is 0. The standard InChI is InChI=1S/C52H32N4/c1-2-13-34(14-3-1)52-53-45(33-25-28-36(29-26-33)55-47-22-9-6-17-39(47)40-18-7-10-23-48(40)55)32-46(54-52)35-27-30-50-44(31-35)38-16-5-4-15-37(38)42-20-12-21-43-41-19-8-11-24-49(41)56(50)51(42)43/h1-32H. The van der Waals surface area contributed by atoms with Crippen molar-refractivity contribution in [3.63, 3.8) is 0 Å². The minimum atomic E-state index is 0.699. The van der Waals surface area contributed by atoms with Crippen LogP contribution in [-0.4, -0.2) is 19.1 Å². The highest BCUT2D eigenvalue weighted by molar-refractivity contribution is 6.16. The van der Waals surface area contributed by atoms with Crippen LogP contribution < -0.4 is 0 Å². The number of rotatable bonds is 4. The minimum absolute atomic E-state index is 0.699. The van der Waals surface area contributed by atoms with Gasteiger partial charge in [-0.15, -0.1) is 0 Å². The van der Waals surface area contributed by atoms with Crippen molar-refractivity contribution < 1.29 is 0 Å². The Morgan fingerprint density at radius 1 is 0.321 bits per heavy atom. The molecule has 1 aliphatic rings. The van der Waals surface area contributed by atoms with Gasteiger partial charge in [-0.25, -0.2) is 9.97 Å². The number of hydrogen-bond acceptors (Lipinski definition) is 2. The van der Waals surface area contributed by atoms with E-state index in [2.05, 4.69) is 185 Å². The van der Waals surface area contributed by atoms with E-state index in [0.29, 0.717) is 5.82 Å². The van der Waals surface area contributed by atoms with Crippen molar-refractivity contribution in [2.45, 2.75) is 0 Å². The molecule has 56 heavy (non-hydrogen) atoms. The van der Waals surface area contributed by atoms with Gasteiger partial charge in [-0.2, -0.15) is 0 Å². The van der Waals surface area contributed by atoms with Crippen LogP contribution in [0.2, 0.25) is 0 Å². The van der Waals surface area contributed by atoms with E-state index < -0.39 is 0 Å². The lowest BCUT2D eigenvalue weighted by atomic mass is 9.92. The molecule has 0 spiro atoms. The number of nitrogens with zero attached hydrogens (tertiary/aromatic N) is 4. The van der Waals surface area contributed by atoms with Crippen LogP contribution in [0.5, 0.6) is 0 Å². The van der Waals surface area contributed by atoms with Crippen molar-refractivity contribution in [2.75, 3.05) is 0 Å². The Labute approximate surface area is 323 Å². The molecule has 0 fully saturated rings. The van der Waals surface area contributed by atoms with Gasteiger partial charge in [0.15, 0.2) is 5.82 Å². The average molecular weight is 713 g/mol. The first-order chi connectivity index (χ1) is 27.8. The molecule has 12 rings (SSSR count). The summed E-state index contributed by atoms with van der Waals surface area (Å²) in [6.45, 7) is 0. The SMILES string of the molecule is c1ccc(-c2nc(-c3ccc(-n4c5ccccc5c5ccccc54)cc3)cc(-c3ccc4c(c3)-c3ccccc3-c3cccc5c6ccccc6n-4c35)n2)cc1. The Balaban J connectivity index is 1.04. The number of para-hydroxylation sites is 4. The molecule has 0 aliphatic carbocycles. The third-order valence-electron chi connectivity index (χ3n) is 11.5. The summed E-state index contributed by atoms with van der Waals surface area (Å²) in [6, 6.07) is 69.6. The van der Waals surface area contributed by atoms with E-state index in [1.807, 2.05) is 18.2 Å². The Hall–Kier alpha value is -7.56. The maximum Gasteiger partial charge on any atom is 0.160 e. The quantitative estimate of drug-likeness (QED) is 0.182. The highest BCUT2D eigenvalue weighted by atomic mass is 15.0. The van der Waals surface area contributed by atoms with Crippen molar-refractivity contribution in [1.82, 2.24) is 19.1 Å². The third kappa shape index (κ3) is 4.53. The van der Waals surface area contributed by atoms with Crippen LogP contribution in [0, 0.1) is 0 Å². The molecule has 0 atom stereocenters. The van der Waals surface area contributed by atoms with Gasteiger partial charge in [0.25, 0.3) is 0 Å². The van der Waals surface area contributed by atoms with Gasteiger partial charge in [0, 0.05) is 55.0 Å². The summed E-state index contributed by atoms with van der Waals surface area (Å²) >= 11 is 0. The molecule has 0 bridgehead atoms. The van der Waals surface area contributed by atoms with Crippen molar-refractivity contribution in [3.05, 3.63) is 194 Å². The molecule has 0 amide bonds. The van der Waals surface area contributed by atoms with Crippen LogP contribution in [0.25, 0.3) is 111 Å². The summed E-state index contributed by atoms with van der Waals surface area (Å²) in [7, 11) is 0. The van der Waals surface area contributed by atoms with Gasteiger partial charge in [-0.05, 0) is 59.7 Å². The Bertz CT molecular complexity index is 3300. The molecule has 0 N–H and O–H groups in total. The van der Waals surface area contributed by atoms with Gasteiger partial charge in [0.1, 0.15) is 0 Å². The van der Waals surface area contributed by atoms with Gasteiger partial charge < -0.3 is 9.13 Å². The monoisotopic (exact) mass is 712 g/mol. The van der Waals surface area contributed by atoms with Gasteiger partial charge in [-0.1, -0.05) is 146 Å². The normalized spacial score (nSPS) is 11.9. The summed E-state index contributed by atoms with van der Waals surface area (Å²) in [4.78, 5) is 10.4. The molecule has 4 nitrogen and oxygen atoms in total. The van der Waals surface area contributed by atoms with E-state index in [-0.39, 0.29) is 0 Å². The van der Waals surface area contributed by atoms with E-state index >= 15 is 0 Å². The van der Waals surface area contributed by atoms with Gasteiger partial charge in [0.05, 0.1) is 39.1 Å². The molecule has 8 aromatic carbocycles. The molecule has 0 unspecified atom stereocenters. The fourth-order valence-corrected chi connectivity index (χ4v) is 8.99. The van der Waals surface area contributed by atoms with Crippen molar-refractivity contribution >= 4 is 43.6 Å². The zero-order valence-corrected chi connectivity index (χ0v) is 30.3. The molecule has 0 saturated carbocycles. The minimum Gasteiger partial charge on any atom is -0.309 e. The number of hydrogen-bond donors (Lipinski definition) is 0. The molecule has 0 radical (unpaired) electrons. The largest absolute Gasteiger partial charge is 0.309 e. The molecule has 3 aromatic heterocycles. The van der Waals surface area contributed by atoms with Gasteiger partial charge >= 0.3 is 0 Å². The summed E-state index contributed by atoms with van der Waals surface area (Å²) in [5.74, 6) is 0.699. The van der Waals surface area contributed by atoms with E-state index in [1.54, 1.807) is 0 Å². The van der Waals surface area contributed by atoms with Crippen molar-refractivity contribution in [2.24, 2.45) is 0 Å². The summed E-state index contributed by atoms with van der Waals surface area (Å²) < 4.78 is 4.81. The van der Waals surface area contributed by atoms with E-state index in [9.17, 15) is 0 Å². The lowest BCUT2D eigenvalue weighted by Crippen LogP contribution is -1.99. The highest BCUT2D eigenvalue weighted by Crippen LogP contribution is 2.47. The smallest absolute Gasteiger partial charge is 0.160 e. The molecule has 0 saturated heterocycles. The van der Waals surface area contributed by atoms with Crippen LogP contribution in [0.3, 0.4) is 0 Å². The molecule has 4 heterocycles. The molecule has 260 valence electrons. The maximum atomic E-state index is 5.25. The third-order valence-corrected chi connectivity index (χ3v) is 11.5. The zero-order valence-electron chi connectivity index (χ0n) is 30.3. The maximum absolute atomic E-state index is 5.25. The van der Waals surface area contributed by atoms with Crippen LogP contribution in [0.1, 0.15) is 0 Å². The summed E-state index contributed by atoms with van der Waals surface area (Å²) in [5.41, 5.74) is 16.8. The van der Waals surface area contributed by atoms with Gasteiger partial charge in [-0.3, -0.25) is 0 Å². The number of fused-ring (bicyclic) bond motifs is 11. The van der Waals surface area contributed by atoms with Crippen molar-refractivity contribution in [3.8, 4) is 67.5 Å². The first-order valence-corrected chi connectivity index (χ1v) is 19.1. The predicted octanol–water partition coefficient (Wildman–Crippen LogP) is 13.3. The predicted molar refractivity (Wildman–Crippen MR) is 231 cm³/mol. The van der Waals surface area contributed by atoms with Crippen LogP contribution in [0.15, 0.2) is 194 Å². The number of aromatic nitrogens is 4. The van der Waals surface area contributed by atoms with Crippen LogP contribution in [-0.2, 0) is 0 Å². The first kappa shape index (κ1) is 30.9. The lowest BCUT2D eigenvalue weighted by molar-refractivity contribution is 1.17. The Morgan fingerprint density at radius 2 is 0.839 bits per heavy atom. The topological polar surface area (TPSA) is 35.6 Å². The Morgan fingerprint density at radius 3 is 1.54 bits per heavy atom. The second-order valence-electron chi connectivity index (χ2n) is 14.6. The highest BCUT2D eigenvalue weighted by Gasteiger charge is 2.25. The van der Waals surface area contributed by atoms with Crippen molar-refractivity contribution in [1.29, 1.82) is 0 Å². The fourth-order valence-electron chi connectivity index (χ4n) is 8.99. The molecule has 4 heteroatoms. The molecular formula is C52H32N4. The Kier molecular flexibility index (Phi) is 6.60. The van der Waals surface area contributed by atoms with E-state index in [1.165, 1.54) is 65.9 Å². The fraction of sp³-hybridized carbons (Fsp3) is 0. The van der Waals surface area contributed by atoms with E-state index in [0.717, 1.165) is 39.5 Å². The zero-order chi connectivity index (χ0) is 36.7. The first-order valence-electron chi connectivity index (χ1n) is 19.1. The van der Waals surface area contributed by atoms with Crippen LogP contribution >= 0.6 is 0 Å². The number of benzene rings is 8. The van der Waals surface area contributed by atoms with Crippen LogP contribution in [0.4, 0.5) is 0 Å².